The second-order valence-corrected chi connectivity index (χ2v) is 12.6. The lowest BCUT2D eigenvalue weighted by atomic mass is 9.94. The van der Waals surface area contributed by atoms with E-state index in [1.165, 1.54) is 0 Å². The second kappa shape index (κ2) is 19.6. The summed E-state index contributed by atoms with van der Waals surface area (Å²) in [5, 5.41) is 31.7. The molecular formula is C34H49N7O10. The Morgan fingerprint density at radius 2 is 1.25 bits per heavy atom. The number of carboxylic acid groups (broad SMARTS) is 2. The summed E-state index contributed by atoms with van der Waals surface area (Å²) in [6.07, 6.45) is 0.938. The van der Waals surface area contributed by atoms with Crippen molar-refractivity contribution in [1.29, 1.82) is 0 Å². The monoisotopic (exact) mass is 715 g/mol. The van der Waals surface area contributed by atoms with Gasteiger partial charge in [-0.2, -0.15) is 0 Å². The predicted molar refractivity (Wildman–Crippen MR) is 185 cm³/mol. The summed E-state index contributed by atoms with van der Waals surface area (Å²) in [7, 11) is 0. The van der Waals surface area contributed by atoms with Crippen molar-refractivity contribution >= 4 is 58.3 Å². The van der Waals surface area contributed by atoms with E-state index in [0.717, 1.165) is 17.8 Å². The molecule has 1 heterocycles. The lowest BCUT2D eigenvalue weighted by molar-refractivity contribution is -0.141. The van der Waals surface area contributed by atoms with Crippen LogP contribution in [0.3, 0.4) is 0 Å². The molecule has 280 valence electrons. The molecule has 17 heteroatoms. The number of H-pyrrole nitrogens is 1. The standard InChI is InChI=1S/C34H49N7O10/c1-6-17(3)28(41-34(51)29(18(4)7-2)40-32(49)25(15-27(45)46)37-19(5)42)33(50)39-24(14-20-16-36-22-11-9-8-10-21(20)22)31(48)38-23(30(35)47)12-13-26(43)44/h8-11,16-18,23-25,28-29,36H,6-7,12-15H2,1-5H3,(H2,35,47)(H,37,42)(H,38,48)(H,39,50)(H,40,49)(H,41,51)(H,43,44)(H,45,46)/t17-,18-,23-,24-,25-,28-,29-/m0/s1. The zero-order chi connectivity index (χ0) is 38.4. The highest BCUT2D eigenvalue weighted by molar-refractivity contribution is 5.97. The maximum Gasteiger partial charge on any atom is 0.305 e. The summed E-state index contributed by atoms with van der Waals surface area (Å²) < 4.78 is 0. The number of carboxylic acids is 2. The summed E-state index contributed by atoms with van der Waals surface area (Å²) in [6.45, 7) is 8.04. The van der Waals surface area contributed by atoms with Crippen LogP contribution in [0.1, 0.15) is 72.3 Å². The zero-order valence-corrected chi connectivity index (χ0v) is 29.4. The quantitative estimate of drug-likeness (QED) is 0.0839. The summed E-state index contributed by atoms with van der Waals surface area (Å²) in [4.78, 5) is 104. The van der Waals surface area contributed by atoms with Gasteiger partial charge in [0, 0.05) is 36.9 Å². The molecule has 0 fully saturated rings. The number of aromatic amines is 1. The maximum absolute atomic E-state index is 14.0. The molecule has 0 aliphatic carbocycles. The van der Waals surface area contributed by atoms with Gasteiger partial charge in [-0.05, 0) is 29.9 Å². The molecule has 0 spiro atoms. The van der Waals surface area contributed by atoms with Crippen LogP contribution in [0.25, 0.3) is 10.9 Å². The first-order valence-corrected chi connectivity index (χ1v) is 16.7. The number of fused-ring (bicyclic) bond motifs is 1. The van der Waals surface area contributed by atoms with Crippen LogP contribution >= 0.6 is 0 Å². The van der Waals surface area contributed by atoms with Gasteiger partial charge in [0.25, 0.3) is 0 Å². The van der Waals surface area contributed by atoms with Crippen LogP contribution < -0.4 is 32.3 Å². The number of benzene rings is 1. The number of aromatic nitrogens is 1. The summed E-state index contributed by atoms with van der Waals surface area (Å²) >= 11 is 0. The van der Waals surface area contributed by atoms with E-state index in [2.05, 4.69) is 31.6 Å². The van der Waals surface area contributed by atoms with Gasteiger partial charge >= 0.3 is 11.9 Å². The number of nitrogens with two attached hydrogens (primary N) is 1. The molecule has 0 bridgehead atoms. The molecule has 51 heavy (non-hydrogen) atoms. The molecule has 0 aliphatic rings. The summed E-state index contributed by atoms with van der Waals surface area (Å²) in [5.74, 6) is -8.38. The molecule has 1 aromatic heterocycles. The number of primary amides is 1. The van der Waals surface area contributed by atoms with Crippen LogP contribution in [-0.2, 0) is 44.8 Å². The van der Waals surface area contributed by atoms with Crippen molar-refractivity contribution in [2.24, 2.45) is 17.6 Å². The number of aliphatic carboxylic acids is 2. The Labute approximate surface area is 295 Å². The van der Waals surface area contributed by atoms with Gasteiger partial charge in [0.2, 0.25) is 35.4 Å². The number of rotatable bonds is 21. The maximum atomic E-state index is 14.0. The third kappa shape index (κ3) is 12.7. The van der Waals surface area contributed by atoms with Crippen LogP contribution in [0.4, 0.5) is 0 Å². The molecule has 2 rings (SSSR count). The first kappa shape index (κ1) is 41.7. The number of amides is 6. The lowest BCUT2D eigenvalue weighted by Crippen LogP contribution is -2.61. The van der Waals surface area contributed by atoms with Gasteiger partial charge < -0.3 is 47.5 Å². The minimum absolute atomic E-state index is 0.0627. The molecule has 0 unspecified atom stereocenters. The Morgan fingerprint density at radius 1 is 0.725 bits per heavy atom. The molecule has 2 aromatic rings. The van der Waals surface area contributed by atoms with Gasteiger partial charge in [-0.1, -0.05) is 58.7 Å². The molecule has 17 nitrogen and oxygen atoms in total. The molecular weight excluding hydrogens is 666 g/mol. The Kier molecular flexibility index (Phi) is 16.1. The molecule has 10 N–H and O–H groups in total. The van der Waals surface area contributed by atoms with Crippen molar-refractivity contribution in [3.63, 3.8) is 0 Å². The Bertz CT molecular complexity index is 1580. The van der Waals surface area contributed by atoms with Crippen molar-refractivity contribution in [1.82, 2.24) is 31.6 Å². The van der Waals surface area contributed by atoms with E-state index in [1.54, 1.807) is 40.0 Å². The minimum Gasteiger partial charge on any atom is -0.481 e. The van der Waals surface area contributed by atoms with E-state index < -0.39 is 102 Å². The predicted octanol–water partition coefficient (Wildman–Crippen LogP) is 0.0713. The van der Waals surface area contributed by atoms with Crippen molar-refractivity contribution in [2.45, 2.75) is 103 Å². The fourth-order valence-corrected chi connectivity index (χ4v) is 5.35. The van der Waals surface area contributed by atoms with Gasteiger partial charge in [-0.25, -0.2) is 0 Å². The third-order valence-electron chi connectivity index (χ3n) is 8.70. The smallest absolute Gasteiger partial charge is 0.305 e. The largest absolute Gasteiger partial charge is 0.481 e. The lowest BCUT2D eigenvalue weighted by Gasteiger charge is -2.31. The molecule has 0 aliphatic heterocycles. The average molecular weight is 716 g/mol. The molecule has 1 aromatic carbocycles. The van der Waals surface area contributed by atoms with E-state index in [9.17, 15) is 43.5 Å². The highest BCUT2D eigenvalue weighted by Gasteiger charge is 2.36. The van der Waals surface area contributed by atoms with E-state index >= 15 is 0 Å². The number of carbonyl (C=O) groups is 8. The SMILES string of the molecule is CC[C@H](C)[C@H](NC(=O)[C@H](CC(=O)O)NC(C)=O)C(=O)N[C@H](C(=O)N[C@@H](Cc1c[nH]c2ccccc12)C(=O)N[C@@H](CCC(=O)O)C(N)=O)[C@@H](C)CC. The van der Waals surface area contributed by atoms with Gasteiger partial charge in [0.1, 0.15) is 30.2 Å². The van der Waals surface area contributed by atoms with Crippen molar-refractivity contribution in [3.8, 4) is 0 Å². The van der Waals surface area contributed by atoms with Crippen molar-refractivity contribution < 1.29 is 48.6 Å². The minimum atomic E-state index is -1.46. The van der Waals surface area contributed by atoms with E-state index in [0.29, 0.717) is 18.4 Å². The number of carbonyl (C=O) groups excluding carboxylic acids is 6. The summed E-state index contributed by atoms with van der Waals surface area (Å²) in [5.41, 5.74) is 6.85. The number of para-hydroxylation sites is 1. The topological polar surface area (TPSA) is 279 Å². The fraction of sp³-hybridized carbons (Fsp3) is 0.529. The summed E-state index contributed by atoms with van der Waals surface area (Å²) in [6, 6.07) is 0.665. The van der Waals surface area contributed by atoms with Gasteiger partial charge in [-0.15, -0.1) is 0 Å². The van der Waals surface area contributed by atoms with Crippen molar-refractivity contribution in [3.05, 3.63) is 36.0 Å². The van der Waals surface area contributed by atoms with Gasteiger partial charge in [0.05, 0.1) is 6.42 Å². The average Bonchev–Trinajstić information content (AvgIpc) is 3.48. The number of hydrogen-bond acceptors (Lipinski definition) is 8. The van der Waals surface area contributed by atoms with E-state index in [-0.39, 0.29) is 12.8 Å². The highest BCUT2D eigenvalue weighted by Crippen LogP contribution is 2.20. The third-order valence-corrected chi connectivity index (χ3v) is 8.70. The van der Waals surface area contributed by atoms with E-state index in [1.807, 2.05) is 18.2 Å². The van der Waals surface area contributed by atoms with Crippen LogP contribution in [0, 0.1) is 11.8 Å². The first-order valence-electron chi connectivity index (χ1n) is 16.7. The van der Waals surface area contributed by atoms with Crippen LogP contribution in [-0.4, -0.2) is 92.8 Å². The Hall–Kier alpha value is -5.48. The molecule has 6 amide bonds. The number of nitrogens with one attached hydrogen (secondary N) is 6. The molecule has 0 saturated heterocycles. The van der Waals surface area contributed by atoms with Crippen LogP contribution in [0.15, 0.2) is 30.5 Å². The highest BCUT2D eigenvalue weighted by atomic mass is 16.4. The van der Waals surface area contributed by atoms with Crippen molar-refractivity contribution in [2.75, 3.05) is 0 Å². The van der Waals surface area contributed by atoms with E-state index in [4.69, 9.17) is 10.8 Å². The van der Waals surface area contributed by atoms with Gasteiger partial charge in [0.15, 0.2) is 0 Å². The fourth-order valence-electron chi connectivity index (χ4n) is 5.35. The van der Waals surface area contributed by atoms with Crippen LogP contribution in [0.5, 0.6) is 0 Å². The Balaban J connectivity index is 2.42. The Morgan fingerprint density at radius 3 is 1.78 bits per heavy atom. The first-order chi connectivity index (χ1) is 24.0. The molecule has 7 atom stereocenters. The zero-order valence-electron chi connectivity index (χ0n) is 29.4. The van der Waals surface area contributed by atoms with Gasteiger partial charge in [-0.3, -0.25) is 38.4 Å². The molecule has 0 radical (unpaired) electrons. The molecule has 0 saturated carbocycles. The second-order valence-electron chi connectivity index (χ2n) is 12.6. The normalized spacial score (nSPS) is 15.2. The van der Waals surface area contributed by atoms with Crippen LogP contribution in [0.2, 0.25) is 0 Å². The number of hydrogen-bond donors (Lipinski definition) is 9.